The molecule has 0 saturated carbocycles. The Morgan fingerprint density at radius 3 is 2.33 bits per heavy atom. The number of pyridine rings is 1. The Balaban J connectivity index is 1.86. The number of carbonyl (C=O) groups excluding carboxylic acids is 1. The van der Waals surface area contributed by atoms with Crippen LogP contribution in [0.4, 0.5) is 30.5 Å². The number of rotatable bonds is 10. The summed E-state index contributed by atoms with van der Waals surface area (Å²) in [6.45, 7) is 6.97. The van der Waals surface area contributed by atoms with Crippen LogP contribution in [-0.2, 0) is 28.3 Å². The molecule has 4 aromatic rings. The lowest BCUT2D eigenvalue weighted by atomic mass is 10.1. The number of ether oxygens (including phenoxy) is 1. The van der Waals surface area contributed by atoms with E-state index in [0.717, 1.165) is 11.6 Å². The number of primary amides is 1. The van der Waals surface area contributed by atoms with Crippen molar-refractivity contribution in [2.45, 2.75) is 46.0 Å². The van der Waals surface area contributed by atoms with Crippen molar-refractivity contribution in [2.75, 3.05) is 15.8 Å². The van der Waals surface area contributed by atoms with E-state index in [2.05, 4.69) is 20.1 Å². The minimum absolute atomic E-state index is 0.0318. The average molecular weight is 617 g/mol. The number of amides is 1. The van der Waals surface area contributed by atoms with Gasteiger partial charge in [-0.3, -0.25) is 9.52 Å². The summed E-state index contributed by atoms with van der Waals surface area (Å²) in [6, 6.07) is 17.1. The fraction of sp³-hybridized carbons (Fsp3) is 0.276. The van der Waals surface area contributed by atoms with Gasteiger partial charge in [-0.05, 0) is 57.5 Å². The second-order valence-electron chi connectivity index (χ2n) is 10.5. The van der Waals surface area contributed by atoms with E-state index < -0.39 is 33.3 Å². The van der Waals surface area contributed by atoms with E-state index in [-0.39, 0.29) is 46.7 Å². The van der Waals surface area contributed by atoms with Crippen molar-refractivity contribution in [2.24, 2.45) is 5.73 Å². The van der Waals surface area contributed by atoms with Crippen molar-refractivity contribution in [3.63, 3.8) is 0 Å². The molecule has 0 aliphatic carbocycles. The Kier molecular flexibility index (Phi) is 8.71. The fourth-order valence-corrected chi connectivity index (χ4v) is 4.73. The van der Waals surface area contributed by atoms with Gasteiger partial charge in [-0.15, -0.1) is 0 Å². The van der Waals surface area contributed by atoms with E-state index in [1.807, 2.05) is 30.3 Å². The molecular weight excluding hydrogens is 585 g/mol. The number of carbonyl (C=O) groups is 1. The molecule has 4 rings (SSSR count). The number of alkyl halides is 3. The Bertz CT molecular complexity index is 1730. The zero-order valence-electron chi connectivity index (χ0n) is 23.9. The summed E-state index contributed by atoms with van der Waals surface area (Å²) in [7, 11) is -3.67. The SMILES string of the molecule is CCS(=O)(=O)Nc1ccc(-c2nn(C(C)(C)C)c(Nc3cccc(C(F)(F)F)n3)c2C(N)=O)cc1OCc1ccccc1. The maximum atomic E-state index is 13.3. The third kappa shape index (κ3) is 7.44. The molecule has 0 fully saturated rings. The van der Waals surface area contributed by atoms with Crippen LogP contribution in [0.2, 0.25) is 0 Å². The first-order valence-electron chi connectivity index (χ1n) is 13.2. The second-order valence-corrected chi connectivity index (χ2v) is 12.6. The largest absolute Gasteiger partial charge is 0.487 e. The van der Waals surface area contributed by atoms with Crippen molar-refractivity contribution in [3.8, 4) is 17.0 Å². The second kappa shape index (κ2) is 12.0. The average Bonchev–Trinajstić information content (AvgIpc) is 3.32. The number of halogens is 3. The summed E-state index contributed by atoms with van der Waals surface area (Å²) >= 11 is 0. The van der Waals surface area contributed by atoms with Crippen LogP contribution in [0.15, 0.2) is 66.7 Å². The van der Waals surface area contributed by atoms with Crippen LogP contribution in [-0.4, -0.2) is 34.8 Å². The fourth-order valence-electron chi connectivity index (χ4n) is 4.09. The number of benzene rings is 2. The van der Waals surface area contributed by atoms with Crippen molar-refractivity contribution in [1.29, 1.82) is 0 Å². The number of hydrogen-bond acceptors (Lipinski definition) is 7. The number of hydrogen-bond donors (Lipinski definition) is 3. The molecule has 2 aromatic heterocycles. The molecule has 4 N–H and O–H groups in total. The Morgan fingerprint density at radius 1 is 1.02 bits per heavy atom. The van der Waals surface area contributed by atoms with Crippen molar-refractivity contribution < 1.29 is 31.1 Å². The number of sulfonamides is 1. The van der Waals surface area contributed by atoms with E-state index in [1.54, 1.807) is 20.8 Å². The molecule has 0 atom stereocenters. The molecule has 14 heteroatoms. The van der Waals surface area contributed by atoms with Crippen LogP contribution >= 0.6 is 0 Å². The number of nitrogens with two attached hydrogens (primary N) is 1. The molecule has 0 spiro atoms. The monoisotopic (exact) mass is 616 g/mol. The summed E-state index contributed by atoms with van der Waals surface area (Å²) in [6.07, 6.45) is -4.68. The van der Waals surface area contributed by atoms with Crippen LogP contribution in [0.1, 0.15) is 49.3 Å². The van der Waals surface area contributed by atoms with Gasteiger partial charge in [-0.1, -0.05) is 42.5 Å². The minimum Gasteiger partial charge on any atom is -0.487 e. The van der Waals surface area contributed by atoms with E-state index >= 15 is 0 Å². The highest BCUT2D eigenvalue weighted by Gasteiger charge is 2.33. The van der Waals surface area contributed by atoms with Crippen molar-refractivity contribution in [1.82, 2.24) is 14.8 Å². The quantitative estimate of drug-likeness (QED) is 0.201. The molecular formula is C29H31F3N6O4S. The van der Waals surface area contributed by atoms with Gasteiger partial charge in [0.1, 0.15) is 40.9 Å². The highest BCUT2D eigenvalue weighted by Crippen LogP contribution is 2.38. The highest BCUT2D eigenvalue weighted by molar-refractivity contribution is 7.92. The summed E-state index contributed by atoms with van der Waals surface area (Å²) in [4.78, 5) is 16.5. The molecule has 0 radical (unpaired) electrons. The first-order chi connectivity index (χ1) is 20.1. The van der Waals surface area contributed by atoms with Gasteiger partial charge >= 0.3 is 6.18 Å². The zero-order chi connectivity index (χ0) is 31.6. The lowest BCUT2D eigenvalue weighted by Crippen LogP contribution is -2.25. The first-order valence-corrected chi connectivity index (χ1v) is 14.8. The third-order valence-electron chi connectivity index (χ3n) is 6.19. The molecule has 0 saturated heterocycles. The van der Waals surface area contributed by atoms with E-state index in [1.165, 1.54) is 41.9 Å². The molecule has 0 unspecified atom stereocenters. The normalized spacial score (nSPS) is 12.2. The standard InChI is InChI=1S/C29H31F3N6O4S/c1-5-43(40,41)37-20-15-14-19(16-21(20)42-17-18-10-7-6-8-11-18)25-24(26(33)39)27(38(36-25)28(2,3)4)35-23-13-9-12-22(34-23)29(30,31)32/h6-16,37H,5,17H2,1-4H3,(H2,33,39)(H,34,35). The topological polar surface area (TPSA) is 141 Å². The number of aromatic nitrogens is 3. The van der Waals surface area contributed by atoms with Crippen molar-refractivity contribution in [3.05, 3.63) is 83.6 Å². The van der Waals surface area contributed by atoms with Gasteiger partial charge in [0.2, 0.25) is 10.0 Å². The third-order valence-corrected chi connectivity index (χ3v) is 7.48. The molecule has 0 aliphatic rings. The van der Waals surface area contributed by atoms with Gasteiger partial charge < -0.3 is 15.8 Å². The van der Waals surface area contributed by atoms with Gasteiger partial charge in [-0.2, -0.15) is 18.3 Å². The zero-order valence-corrected chi connectivity index (χ0v) is 24.7. The van der Waals surface area contributed by atoms with Gasteiger partial charge in [0.15, 0.2) is 0 Å². The molecule has 43 heavy (non-hydrogen) atoms. The van der Waals surface area contributed by atoms with E-state index in [4.69, 9.17) is 10.5 Å². The molecule has 228 valence electrons. The Labute approximate surface area is 247 Å². The van der Waals surface area contributed by atoms with E-state index in [0.29, 0.717) is 5.56 Å². The molecule has 0 bridgehead atoms. The number of nitrogens with one attached hydrogen (secondary N) is 2. The lowest BCUT2D eigenvalue weighted by Gasteiger charge is -2.23. The lowest BCUT2D eigenvalue weighted by molar-refractivity contribution is -0.141. The van der Waals surface area contributed by atoms with Gasteiger partial charge in [-0.25, -0.2) is 18.1 Å². The first kappa shape index (κ1) is 31.3. The van der Waals surface area contributed by atoms with E-state index in [9.17, 15) is 26.4 Å². The molecule has 0 aliphatic heterocycles. The van der Waals surface area contributed by atoms with Crippen LogP contribution in [0, 0.1) is 0 Å². The van der Waals surface area contributed by atoms with Crippen molar-refractivity contribution >= 4 is 33.3 Å². The minimum atomic E-state index is -4.68. The van der Waals surface area contributed by atoms with Gasteiger partial charge in [0.05, 0.1) is 17.0 Å². The van der Waals surface area contributed by atoms with Crippen LogP contribution < -0.4 is 20.5 Å². The molecule has 2 aromatic carbocycles. The molecule has 1 amide bonds. The number of anilines is 3. The smallest absolute Gasteiger partial charge is 0.433 e. The summed E-state index contributed by atoms with van der Waals surface area (Å²) < 4.78 is 74.7. The maximum absolute atomic E-state index is 13.3. The summed E-state index contributed by atoms with van der Waals surface area (Å²) in [5.41, 5.74) is 5.26. The van der Waals surface area contributed by atoms with Crippen LogP contribution in [0.3, 0.4) is 0 Å². The highest BCUT2D eigenvalue weighted by atomic mass is 32.2. The van der Waals surface area contributed by atoms with Gasteiger partial charge in [0.25, 0.3) is 5.91 Å². The Hall–Kier alpha value is -4.59. The van der Waals surface area contributed by atoms with Crippen LogP contribution in [0.25, 0.3) is 11.3 Å². The van der Waals surface area contributed by atoms with Gasteiger partial charge in [0, 0.05) is 5.56 Å². The number of nitrogens with zero attached hydrogens (tertiary/aromatic N) is 3. The predicted octanol–water partition coefficient (Wildman–Crippen LogP) is 5.90. The Morgan fingerprint density at radius 2 is 1.72 bits per heavy atom. The summed E-state index contributed by atoms with van der Waals surface area (Å²) in [5, 5.41) is 7.44. The molecule has 10 nitrogen and oxygen atoms in total. The van der Waals surface area contributed by atoms with Crippen LogP contribution in [0.5, 0.6) is 5.75 Å². The predicted molar refractivity (Wildman–Crippen MR) is 158 cm³/mol. The summed E-state index contributed by atoms with van der Waals surface area (Å²) in [5.74, 6) is -1.06. The maximum Gasteiger partial charge on any atom is 0.433 e. The molecule has 2 heterocycles.